The largest absolute Gasteiger partial charge is 0.395 e. The van der Waals surface area contributed by atoms with E-state index in [9.17, 15) is 5.11 Å². The molecular formula is C22H18N4O. The average molecular weight is 354 g/mol. The number of hydrogen-bond donors (Lipinski definition) is 2. The van der Waals surface area contributed by atoms with Crippen LogP contribution in [0.25, 0.3) is 46.4 Å². The molecule has 0 aliphatic carbocycles. The number of aromatic amines is 1. The van der Waals surface area contributed by atoms with Crippen LogP contribution in [0.5, 0.6) is 0 Å². The predicted molar refractivity (Wildman–Crippen MR) is 110 cm³/mol. The lowest BCUT2D eigenvalue weighted by Gasteiger charge is -2.03. The second-order valence-corrected chi connectivity index (χ2v) is 6.59. The first-order valence-electron chi connectivity index (χ1n) is 8.93. The maximum atomic E-state index is 9.50. The van der Waals surface area contributed by atoms with Gasteiger partial charge in [-0.1, -0.05) is 0 Å². The number of H-pyrrole nitrogens is 1. The van der Waals surface area contributed by atoms with E-state index in [-0.39, 0.29) is 6.61 Å². The molecule has 0 saturated carbocycles. The first kappa shape index (κ1) is 15.8. The Morgan fingerprint density at radius 2 is 1.19 bits per heavy atom. The molecule has 5 heteroatoms. The Kier molecular flexibility index (Phi) is 3.73. The molecule has 0 saturated heterocycles. The molecule has 0 fully saturated rings. The van der Waals surface area contributed by atoms with Gasteiger partial charge >= 0.3 is 0 Å². The van der Waals surface area contributed by atoms with E-state index < -0.39 is 0 Å². The summed E-state index contributed by atoms with van der Waals surface area (Å²) in [6.45, 7) is 0.596. The summed E-state index contributed by atoms with van der Waals surface area (Å²) in [5, 5.41) is 9.50. The standard InChI is InChI=1S/C22H18N4O/c27-10-9-26-21-7-8-22(26)14-20-6-4-18(25-20)12-16-2-1-15(23-16)11-17-3-5-19(13-21)24-17/h1-8,11-14,23,27H,9-10H2. The molecule has 5 nitrogen and oxygen atoms in total. The Bertz CT molecular complexity index is 1150. The van der Waals surface area contributed by atoms with Crippen LogP contribution in [0.1, 0.15) is 22.8 Å². The molecule has 5 rings (SSSR count). The number of aliphatic hydroxyl groups is 1. The molecule has 5 heterocycles. The summed E-state index contributed by atoms with van der Waals surface area (Å²) >= 11 is 0. The van der Waals surface area contributed by atoms with Crippen molar-refractivity contribution in [1.82, 2.24) is 19.5 Å². The van der Waals surface area contributed by atoms with Gasteiger partial charge in [0.2, 0.25) is 0 Å². The minimum absolute atomic E-state index is 0.0747. The summed E-state index contributed by atoms with van der Waals surface area (Å²) < 4.78 is 2.08. The van der Waals surface area contributed by atoms with Crippen molar-refractivity contribution in [3.8, 4) is 0 Å². The lowest BCUT2D eigenvalue weighted by atomic mass is 10.3. The van der Waals surface area contributed by atoms with Crippen molar-refractivity contribution in [2.24, 2.45) is 0 Å². The average Bonchev–Trinajstić information content (AvgIpc) is 3.42. The van der Waals surface area contributed by atoms with Crippen molar-refractivity contribution in [1.29, 1.82) is 0 Å². The van der Waals surface area contributed by atoms with Crippen LogP contribution in [0.4, 0.5) is 0 Å². The third-order valence-corrected chi connectivity index (χ3v) is 4.67. The van der Waals surface area contributed by atoms with E-state index in [2.05, 4.69) is 19.5 Å². The first-order chi connectivity index (χ1) is 13.3. The molecule has 0 radical (unpaired) electrons. The van der Waals surface area contributed by atoms with Crippen LogP contribution in [0.2, 0.25) is 0 Å². The van der Waals surface area contributed by atoms with Crippen LogP contribution in [0, 0.1) is 0 Å². The second kappa shape index (κ2) is 6.37. The molecule has 27 heavy (non-hydrogen) atoms. The normalized spacial score (nSPS) is 12.6. The summed E-state index contributed by atoms with van der Waals surface area (Å²) in [6.07, 6.45) is 8.02. The van der Waals surface area contributed by atoms with Crippen LogP contribution >= 0.6 is 0 Å². The Morgan fingerprint density at radius 1 is 0.704 bits per heavy atom. The van der Waals surface area contributed by atoms with Crippen molar-refractivity contribution < 1.29 is 5.11 Å². The fraction of sp³-hybridized carbons (Fsp3) is 0.0909. The van der Waals surface area contributed by atoms with E-state index in [1.54, 1.807) is 0 Å². The third kappa shape index (κ3) is 3.09. The maximum Gasteiger partial charge on any atom is 0.0658 e. The van der Waals surface area contributed by atoms with Crippen molar-refractivity contribution in [2.75, 3.05) is 6.61 Å². The van der Waals surface area contributed by atoms with E-state index >= 15 is 0 Å². The molecule has 132 valence electrons. The molecule has 3 aromatic heterocycles. The number of aliphatic hydroxyl groups excluding tert-OH is 1. The predicted octanol–water partition coefficient (Wildman–Crippen LogP) is 4.12. The number of fused-ring (bicyclic) bond motifs is 8. The third-order valence-electron chi connectivity index (χ3n) is 4.67. The Balaban J connectivity index is 1.86. The minimum Gasteiger partial charge on any atom is -0.395 e. The lowest BCUT2D eigenvalue weighted by molar-refractivity contribution is 0.279. The van der Waals surface area contributed by atoms with E-state index in [1.807, 2.05) is 72.8 Å². The molecule has 2 N–H and O–H groups in total. The summed E-state index contributed by atoms with van der Waals surface area (Å²) in [5.74, 6) is 0. The molecule has 3 aromatic rings. The molecule has 2 aliphatic heterocycles. The van der Waals surface area contributed by atoms with E-state index in [4.69, 9.17) is 0 Å². The van der Waals surface area contributed by atoms with Crippen molar-refractivity contribution in [3.63, 3.8) is 0 Å². The van der Waals surface area contributed by atoms with Crippen LogP contribution < -0.4 is 0 Å². The molecule has 0 atom stereocenters. The van der Waals surface area contributed by atoms with E-state index in [1.165, 1.54) is 0 Å². The van der Waals surface area contributed by atoms with Gasteiger partial charge in [0.05, 0.1) is 29.4 Å². The fourth-order valence-corrected chi connectivity index (χ4v) is 3.44. The number of aromatic nitrogens is 4. The zero-order valence-corrected chi connectivity index (χ0v) is 14.6. The fourth-order valence-electron chi connectivity index (χ4n) is 3.44. The molecule has 0 aromatic carbocycles. The smallest absolute Gasteiger partial charge is 0.0658 e. The van der Waals surface area contributed by atoms with Gasteiger partial charge in [-0.25, -0.2) is 9.97 Å². The van der Waals surface area contributed by atoms with Gasteiger partial charge in [0, 0.05) is 28.6 Å². The number of nitrogens with one attached hydrogen (secondary N) is 1. The van der Waals surface area contributed by atoms with Gasteiger partial charge in [-0.2, -0.15) is 0 Å². The van der Waals surface area contributed by atoms with Crippen LogP contribution in [-0.4, -0.2) is 31.2 Å². The van der Waals surface area contributed by atoms with E-state index in [0.717, 1.165) is 44.8 Å². The van der Waals surface area contributed by atoms with Gasteiger partial charge in [-0.3, -0.25) is 0 Å². The van der Waals surface area contributed by atoms with Gasteiger partial charge in [0.25, 0.3) is 0 Å². The molecule has 8 bridgehead atoms. The topological polar surface area (TPSA) is 66.7 Å². The Hall–Kier alpha value is -3.44. The molecular weight excluding hydrogens is 336 g/mol. The van der Waals surface area contributed by atoms with Gasteiger partial charge in [-0.15, -0.1) is 0 Å². The SMILES string of the molecule is OCCn1c2ccc1cc1nc(cc3ccc(cc4nc(c2)C=C4)[nH]3)C=C1. The van der Waals surface area contributed by atoms with Gasteiger partial charge in [-0.05, 0) is 72.8 Å². The summed E-state index contributed by atoms with van der Waals surface area (Å²) in [6, 6.07) is 16.3. The highest BCUT2D eigenvalue weighted by Gasteiger charge is 2.04. The summed E-state index contributed by atoms with van der Waals surface area (Å²) in [5.41, 5.74) is 7.61. The molecule has 0 spiro atoms. The maximum absolute atomic E-state index is 9.50. The Labute approximate surface area is 156 Å². The first-order valence-corrected chi connectivity index (χ1v) is 8.93. The van der Waals surface area contributed by atoms with Crippen molar-refractivity contribution in [2.45, 2.75) is 6.54 Å². The van der Waals surface area contributed by atoms with E-state index in [0.29, 0.717) is 6.54 Å². The zero-order valence-electron chi connectivity index (χ0n) is 14.6. The van der Waals surface area contributed by atoms with Crippen molar-refractivity contribution >= 4 is 46.4 Å². The van der Waals surface area contributed by atoms with Crippen LogP contribution in [0.3, 0.4) is 0 Å². The van der Waals surface area contributed by atoms with Crippen molar-refractivity contribution in [3.05, 3.63) is 71.3 Å². The van der Waals surface area contributed by atoms with Gasteiger partial charge in [0.1, 0.15) is 0 Å². The van der Waals surface area contributed by atoms with Crippen LogP contribution in [-0.2, 0) is 6.54 Å². The van der Waals surface area contributed by atoms with Gasteiger partial charge in [0.15, 0.2) is 0 Å². The number of hydrogen-bond acceptors (Lipinski definition) is 3. The van der Waals surface area contributed by atoms with Gasteiger partial charge < -0.3 is 14.7 Å². The highest BCUT2D eigenvalue weighted by atomic mass is 16.3. The summed E-state index contributed by atoms with van der Waals surface area (Å²) in [7, 11) is 0. The lowest BCUT2D eigenvalue weighted by Crippen LogP contribution is -2.01. The number of rotatable bonds is 2. The monoisotopic (exact) mass is 354 g/mol. The molecule has 0 unspecified atom stereocenters. The number of nitrogens with zero attached hydrogens (tertiary/aromatic N) is 3. The quantitative estimate of drug-likeness (QED) is 0.501. The highest BCUT2D eigenvalue weighted by Crippen LogP contribution is 2.19. The zero-order chi connectivity index (χ0) is 18.2. The molecule has 0 amide bonds. The molecule has 2 aliphatic rings. The minimum atomic E-state index is 0.0747. The second-order valence-electron chi connectivity index (χ2n) is 6.59. The highest BCUT2D eigenvalue weighted by molar-refractivity contribution is 5.77. The summed E-state index contributed by atoms with van der Waals surface area (Å²) in [4.78, 5) is 12.7. The van der Waals surface area contributed by atoms with Crippen LogP contribution in [0.15, 0.2) is 48.5 Å². The Morgan fingerprint density at radius 3 is 1.67 bits per heavy atom.